The van der Waals surface area contributed by atoms with E-state index in [4.69, 9.17) is 0 Å². The van der Waals surface area contributed by atoms with Crippen LogP contribution in [0, 0.1) is 18.6 Å². The largest absolute Gasteiger partial charge is 0.477 e. The van der Waals surface area contributed by atoms with Gasteiger partial charge in [-0.25, -0.2) is 18.6 Å². The normalized spacial score (nSPS) is 11.4. The van der Waals surface area contributed by atoms with Gasteiger partial charge in [0.2, 0.25) is 0 Å². The molecule has 3 heterocycles. The summed E-state index contributed by atoms with van der Waals surface area (Å²) in [7, 11) is 0. The summed E-state index contributed by atoms with van der Waals surface area (Å²) in [6, 6.07) is 7.99. The third-order valence-corrected chi connectivity index (χ3v) is 5.77. The lowest BCUT2D eigenvalue weighted by atomic mass is 10.0. The van der Waals surface area contributed by atoms with E-state index in [1.165, 1.54) is 35.9 Å². The number of H-pyrrole nitrogens is 2. The van der Waals surface area contributed by atoms with Gasteiger partial charge in [0.25, 0.3) is 11.1 Å². The van der Waals surface area contributed by atoms with Crippen LogP contribution in [0.15, 0.2) is 58.5 Å². The third kappa shape index (κ3) is 3.27. The number of aromatic nitrogens is 4. The number of fused-ring (bicyclic) bond motifs is 2. The summed E-state index contributed by atoms with van der Waals surface area (Å²) in [4.78, 5) is 46.0. The number of pyridine rings is 1. The highest BCUT2D eigenvalue weighted by Gasteiger charge is 2.26. The molecule has 0 aliphatic rings. The van der Waals surface area contributed by atoms with Crippen LogP contribution in [0.25, 0.3) is 32.9 Å². The van der Waals surface area contributed by atoms with Crippen molar-refractivity contribution < 1.29 is 18.7 Å². The van der Waals surface area contributed by atoms with E-state index in [0.717, 1.165) is 18.5 Å². The first-order valence-corrected chi connectivity index (χ1v) is 10.2. The van der Waals surface area contributed by atoms with E-state index in [9.17, 15) is 28.3 Å². The van der Waals surface area contributed by atoms with Gasteiger partial charge in [0.05, 0.1) is 29.3 Å². The average Bonchev–Trinajstić information content (AvgIpc) is 3.08. The predicted molar refractivity (Wildman–Crippen MR) is 121 cm³/mol. The molecule has 0 aliphatic carbocycles. The first-order valence-electron chi connectivity index (χ1n) is 10.2. The number of nitrogens with one attached hydrogen (secondary N) is 2. The monoisotopic (exact) mass is 462 g/mol. The van der Waals surface area contributed by atoms with Gasteiger partial charge >= 0.3 is 5.97 Å². The summed E-state index contributed by atoms with van der Waals surface area (Å²) in [5, 5.41) is 10.6. The van der Waals surface area contributed by atoms with Crippen molar-refractivity contribution in [2.45, 2.75) is 13.5 Å². The number of halogens is 2. The molecule has 0 bridgehead atoms. The van der Waals surface area contributed by atoms with Crippen molar-refractivity contribution in [3.63, 3.8) is 0 Å². The van der Waals surface area contributed by atoms with Crippen molar-refractivity contribution in [3.05, 3.63) is 98.1 Å². The number of carboxylic acids is 1. The Morgan fingerprint density at radius 3 is 2.59 bits per heavy atom. The number of aromatic carboxylic acids is 1. The second kappa shape index (κ2) is 7.77. The summed E-state index contributed by atoms with van der Waals surface area (Å²) in [6.45, 7) is 1.19. The maximum atomic E-state index is 15.0. The Balaban J connectivity index is 1.86. The fraction of sp³-hybridized carbons (Fsp3) is 0.0833. The molecule has 2 aromatic carbocycles. The SMILES string of the molecule is Cc1cc2c(-c3ccc[nH]c3=O)c(C(=O)O)n(Cc3cc4c(=O)[nH]cnc4cc3F)c2cc1F. The van der Waals surface area contributed by atoms with Crippen LogP contribution in [0.1, 0.15) is 21.6 Å². The molecular formula is C24H16F2N4O4. The van der Waals surface area contributed by atoms with Gasteiger partial charge in [0.1, 0.15) is 17.3 Å². The Labute approximate surface area is 189 Å². The molecule has 0 spiro atoms. The highest BCUT2D eigenvalue weighted by atomic mass is 19.1. The van der Waals surface area contributed by atoms with Crippen LogP contribution in [0.3, 0.4) is 0 Å². The van der Waals surface area contributed by atoms with Gasteiger partial charge in [-0.1, -0.05) is 0 Å². The third-order valence-electron chi connectivity index (χ3n) is 5.77. The van der Waals surface area contributed by atoms with Crippen LogP contribution in [0.4, 0.5) is 8.78 Å². The second-order valence-corrected chi connectivity index (χ2v) is 7.84. The number of carbonyl (C=O) groups is 1. The fourth-order valence-corrected chi connectivity index (χ4v) is 4.18. The molecule has 5 aromatic rings. The molecule has 3 N–H and O–H groups in total. The number of hydrogen-bond acceptors (Lipinski definition) is 4. The van der Waals surface area contributed by atoms with Gasteiger partial charge < -0.3 is 19.6 Å². The van der Waals surface area contributed by atoms with E-state index >= 15 is 0 Å². The highest BCUT2D eigenvalue weighted by molar-refractivity contribution is 6.08. The Hall–Kier alpha value is -4.60. The molecule has 0 unspecified atom stereocenters. The van der Waals surface area contributed by atoms with Gasteiger partial charge in [-0.15, -0.1) is 0 Å². The zero-order valence-corrected chi connectivity index (χ0v) is 17.6. The molecule has 0 aliphatic heterocycles. The van der Waals surface area contributed by atoms with E-state index in [-0.39, 0.29) is 50.9 Å². The van der Waals surface area contributed by atoms with Gasteiger partial charge in [0.15, 0.2) is 0 Å². The predicted octanol–water partition coefficient (Wildman–Crippen LogP) is 3.57. The molecule has 8 nitrogen and oxygen atoms in total. The van der Waals surface area contributed by atoms with E-state index in [2.05, 4.69) is 15.0 Å². The molecular weight excluding hydrogens is 446 g/mol. The first-order chi connectivity index (χ1) is 16.3. The lowest BCUT2D eigenvalue weighted by Gasteiger charge is -2.11. The number of hydrogen-bond donors (Lipinski definition) is 3. The number of aromatic amines is 2. The smallest absolute Gasteiger partial charge is 0.353 e. The van der Waals surface area contributed by atoms with Gasteiger partial charge in [-0.2, -0.15) is 0 Å². The van der Waals surface area contributed by atoms with E-state index in [1.54, 1.807) is 6.07 Å². The number of rotatable bonds is 4. The summed E-state index contributed by atoms with van der Waals surface area (Å²) < 4.78 is 30.8. The first kappa shape index (κ1) is 21.3. The maximum Gasteiger partial charge on any atom is 0.353 e. The van der Waals surface area contributed by atoms with Gasteiger partial charge in [-0.3, -0.25) is 9.59 Å². The van der Waals surface area contributed by atoms with Crippen molar-refractivity contribution in [2.75, 3.05) is 0 Å². The molecule has 10 heteroatoms. The molecule has 0 radical (unpaired) electrons. The van der Waals surface area contributed by atoms with E-state index in [1.807, 2.05) is 0 Å². The van der Waals surface area contributed by atoms with Crippen LogP contribution < -0.4 is 11.1 Å². The Morgan fingerprint density at radius 2 is 1.85 bits per heavy atom. The average molecular weight is 462 g/mol. The summed E-state index contributed by atoms with van der Waals surface area (Å²) in [5.41, 5.74) is -0.596. The maximum absolute atomic E-state index is 15.0. The van der Waals surface area contributed by atoms with Crippen LogP contribution >= 0.6 is 0 Å². The Bertz CT molecular complexity index is 1750. The molecule has 0 amide bonds. The minimum atomic E-state index is -1.38. The Morgan fingerprint density at radius 1 is 1.06 bits per heavy atom. The lowest BCUT2D eigenvalue weighted by molar-refractivity contribution is 0.0687. The summed E-state index contributed by atoms with van der Waals surface area (Å²) >= 11 is 0. The van der Waals surface area contributed by atoms with E-state index < -0.39 is 28.7 Å². The lowest BCUT2D eigenvalue weighted by Crippen LogP contribution is -2.14. The van der Waals surface area contributed by atoms with E-state index in [0.29, 0.717) is 5.39 Å². The summed E-state index contributed by atoms with van der Waals surface area (Å²) in [5.74, 6) is -2.68. The minimum absolute atomic E-state index is 0.0000886. The van der Waals surface area contributed by atoms with Crippen molar-refractivity contribution in [1.29, 1.82) is 0 Å². The van der Waals surface area contributed by atoms with Gasteiger partial charge in [0, 0.05) is 34.3 Å². The zero-order chi connectivity index (χ0) is 24.1. The summed E-state index contributed by atoms with van der Waals surface area (Å²) in [6.07, 6.45) is 2.56. The van der Waals surface area contributed by atoms with Crippen molar-refractivity contribution in [1.82, 2.24) is 19.5 Å². The van der Waals surface area contributed by atoms with Crippen molar-refractivity contribution in [3.8, 4) is 11.1 Å². The standard InChI is InChI=1S/C24H16F2N4O4/c1-11-5-15-19(8-16(11)25)30(21(24(33)34)20(15)13-3-2-4-27-22(13)31)9-12-6-14-18(7-17(12)26)28-10-29-23(14)32/h2-8,10H,9H2,1H3,(H,27,31)(H,33,34)(H,28,29,32). The van der Waals surface area contributed by atoms with Gasteiger partial charge in [-0.05, 0) is 42.8 Å². The highest BCUT2D eigenvalue weighted by Crippen LogP contribution is 2.36. The molecule has 5 rings (SSSR count). The topological polar surface area (TPSA) is 121 Å². The molecule has 0 saturated carbocycles. The quantitative estimate of drug-likeness (QED) is 0.377. The molecule has 0 atom stereocenters. The number of carboxylic acid groups (broad SMARTS) is 1. The van der Waals surface area contributed by atoms with Crippen molar-refractivity contribution in [2.24, 2.45) is 0 Å². The molecule has 170 valence electrons. The molecule has 34 heavy (non-hydrogen) atoms. The second-order valence-electron chi connectivity index (χ2n) is 7.84. The minimum Gasteiger partial charge on any atom is -0.477 e. The van der Waals surface area contributed by atoms with Crippen LogP contribution in [0.5, 0.6) is 0 Å². The Kier molecular flexibility index (Phi) is 4.85. The zero-order valence-electron chi connectivity index (χ0n) is 17.6. The van der Waals surface area contributed by atoms with Crippen LogP contribution in [-0.2, 0) is 6.54 Å². The number of benzene rings is 2. The fourth-order valence-electron chi connectivity index (χ4n) is 4.18. The molecule has 0 saturated heterocycles. The van der Waals surface area contributed by atoms with Crippen LogP contribution in [0.2, 0.25) is 0 Å². The number of nitrogens with zero attached hydrogens (tertiary/aromatic N) is 2. The molecule has 3 aromatic heterocycles. The molecule has 0 fully saturated rings. The number of aryl methyl sites for hydroxylation is 1. The van der Waals surface area contributed by atoms with Crippen molar-refractivity contribution >= 4 is 27.8 Å². The van der Waals surface area contributed by atoms with Crippen LogP contribution in [-0.4, -0.2) is 30.6 Å².